The summed E-state index contributed by atoms with van der Waals surface area (Å²) in [6.45, 7) is 7.97. The Hall–Kier alpha value is -0.650. The summed E-state index contributed by atoms with van der Waals surface area (Å²) in [5.41, 5.74) is -0.283. The molecule has 0 aromatic carbocycles. The largest absolute Gasteiger partial charge is 0.481 e. The van der Waals surface area contributed by atoms with Gasteiger partial charge in [-0.2, -0.15) is 0 Å². The Kier molecular flexibility index (Phi) is 2.94. The minimum Gasteiger partial charge on any atom is -0.481 e. The zero-order valence-electron chi connectivity index (χ0n) is 9.95. The van der Waals surface area contributed by atoms with Crippen LogP contribution in [0.4, 0.5) is 0 Å². The van der Waals surface area contributed by atoms with Crippen molar-refractivity contribution in [2.75, 3.05) is 32.8 Å². The van der Waals surface area contributed by atoms with Gasteiger partial charge in [0, 0.05) is 25.2 Å². The lowest BCUT2D eigenvalue weighted by Crippen LogP contribution is -2.75. The van der Waals surface area contributed by atoms with E-state index in [1.165, 1.54) is 0 Å². The summed E-state index contributed by atoms with van der Waals surface area (Å²) in [5, 5.41) is 12.2. The quantitative estimate of drug-likeness (QED) is 0.707. The summed E-state index contributed by atoms with van der Waals surface area (Å²) in [6, 6.07) is 0. The van der Waals surface area contributed by atoms with Crippen molar-refractivity contribution in [1.29, 1.82) is 0 Å². The summed E-state index contributed by atoms with van der Waals surface area (Å²) in [6.07, 6.45) is 0.212. The van der Waals surface area contributed by atoms with E-state index in [4.69, 9.17) is 9.84 Å². The molecular weight excluding hydrogens is 208 g/mol. The topological polar surface area (TPSA) is 61.8 Å². The lowest BCUT2D eigenvalue weighted by Gasteiger charge is -2.57. The van der Waals surface area contributed by atoms with E-state index in [1.54, 1.807) is 0 Å². The second-order valence-corrected chi connectivity index (χ2v) is 5.42. The van der Waals surface area contributed by atoms with Crippen LogP contribution < -0.4 is 5.32 Å². The molecule has 92 valence electrons. The average Bonchev–Trinajstić information content (AvgIpc) is 2.11. The van der Waals surface area contributed by atoms with Crippen molar-refractivity contribution in [1.82, 2.24) is 10.2 Å². The van der Waals surface area contributed by atoms with Crippen LogP contribution in [0.25, 0.3) is 0 Å². The highest BCUT2D eigenvalue weighted by molar-refractivity contribution is 5.69. The number of carboxylic acid groups (broad SMARTS) is 1. The van der Waals surface area contributed by atoms with Crippen LogP contribution in [0, 0.1) is 0 Å². The van der Waals surface area contributed by atoms with Crippen LogP contribution >= 0.6 is 0 Å². The minimum absolute atomic E-state index is 0.0736. The molecule has 5 nitrogen and oxygen atoms in total. The van der Waals surface area contributed by atoms with Crippen molar-refractivity contribution in [3.8, 4) is 0 Å². The maximum absolute atomic E-state index is 11.0. The van der Waals surface area contributed by atoms with Gasteiger partial charge in [-0.3, -0.25) is 9.69 Å². The summed E-state index contributed by atoms with van der Waals surface area (Å²) < 4.78 is 5.47. The Bertz CT molecular complexity index is 287. The number of morpholine rings is 1. The molecule has 0 radical (unpaired) electrons. The number of carbonyl (C=O) groups is 1. The van der Waals surface area contributed by atoms with Gasteiger partial charge in [-0.1, -0.05) is 0 Å². The molecule has 0 unspecified atom stereocenters. The van der Waals surface area contributed by atoms with Crippen molar-refractivity contribution in [2.24, 2.45) is 0 Å². The van der Waals surface area contributed by atoms with Crippen LogP contribution in [-0.4, -0.2) is 59.9 Å². The number of nitrogens with one attached hydrogen (secondary N) is 1. The van der Waals surface area contributed by atoms with Crippen LogP contribution in [0.15, 0.2) is 0 Å². The normalized spacial score (nSPS) is 28.4. The molecule has 2 heterocycles. The molecular formula is C11H20N2O3. The fourth-order valence-corrected chi connectivity index (χ4v) is 2.84. The first-order chi connectivity index (χ1) is 7.46. The van der Waals surface area contributed by atoms with Gasteiger partial charge in [-0.15, -0.1) is 0 Å². The summed E-state index contributed by atoms with van der Waals surface area (Å²) in [7, 11) is 0. The molecule has 0 atom stereocenters. The van der Waals surface area contributed by atoms with E-state index in [2.05, 4.69) is 24.1 Å². The molecule has 2 rings (SSSR count). The van der Waals surface area contributed by atoms with Crippen LogP contribution in [0.1, 0.15) is 20.3 Å². The lowest BCUT2D eigenvalue weighted by atomic mass is 9.82. The molecule has 0 bridgehead atoms. The van der Waals surface area contributed by atoms with Gasteiger partial charge in [0.15, 0.2) is 0 Å². The third kappa shape index (κ3) is 1.95. The maximum Gasteiger partial charge on any atom is 0.305 e. The van der Waals surface area contributed by atoms with Crippen molar-refractivity contribution in [3.05, 3.63) is 0 Å². The molecule has 16 heavy (non-hydrogen) atoms. The molecule has 2 aliphatic heterocycles. The predicted octanol–water partition coefficient (Wildman–Crippen LogP) is -0.0861. The summed E-state index contributed by atoms with van der Waals surface area (Å²) >= 11 is 0. The molecule has 0 saturated carbocycles. The van der Waals surface area contributed by atoms with Crippen LogP contribution in [0.3, 0.4) is 0 Å². The Morgan fingerprint density at radius 3 is 2.62 bits per heavy atom. The number of nitrogens with zero attached hydrogens (tertiary/aromatic N) is 1. The van der Waals surface area contributed by atoms with Gasteiger partial charge < -0.3 is 15.2 Å². The van der Waals surface area contributed by atoms with Gasteiger partial charge in [0.05, 0.1) is 25.2 Å². The van der Waals surface area contributed by atoms with Gasteiger partial charge in [0.25, 0.3) is 0 Å². The van der Waals surface area contributed by atoms with Crippen LogP contribution in [-0.2, 0) is 9.53 Å². The van der Waals surface area contributed by atoms with Gasteiger partial charge in [-0.25, -0.2) is 0 Å². The van der Waals surface area contributed by atoms with Crippen molar-refractivity contribution < 1.29 is 14.6 Å². The van der Waals surface area contributed by atoms with E-state index in [-0.39, 0.29) is 17.5 Å². The van der Waals surface area contributed by atoms with Crippen molar-refractivity contribution in [2.45, 2.75) is 31.3 Å². The maximum atomic E-state index is 11.0. The van der Waals surface area contributed by atoms with Gasteiger partial charge in [0.2, 0.25) is 0 Å². The molecule has 2 saturated heterocycles. The molecule has 0 aliphatic carbocycles. The van der Waals surface area contributed by atoms with E-state index in [1.807, 2.05) is 0 Å². The van der Waals surface area contributed by atoms with E-state index in [0.717, 1.165) is 19.6 Å². The second kappa shape index (κ2) is 3.98. The molecule has 0 aromatic rings. The van der Waals surface area contributed by atoms with E-state index in [0.29, 0.717) is 13.2 Å². The van der Waals surface area contributed by atoms with E-state index < -0.39 is 5.97 Å². The number of ether oxygens (including phenoxy) is 1. The Labute approximate surface area is 95.8 Å². The minimum atomic E-state index is -0.719. The first-order valence-electron chi connectivity index (χ1n) is 5.74. The smallest absolute Gasteiger partial charge is 0.305 e. The highest BCUT2D eigenvalue weighted by Crippen LogP contribution is 2.33. The fraction of sp³-hybridized carbons (Fsp3) is 0.909. The van der Waals surface area contributed by atoms with Crippen molar-refractivity contribution >= 4 is 5.97 Å². The van der Waals surface area contributed by atoms with Crippen LogP contribution in [0.5, 0.6) is 0 Å². The molecule has 0 spiro atoms. The Morgan fingerprint density at radius 1 is 1.50 bits per heavy atom. The van der Waals surface area contributed by atoms with Gasteiger partial charge in [0.1, 0.15) is 0 Å². The molecule has 0 amide bonds. The number of aliphatic carboxylic acids is 1. The molecule has 2 fully saturated rings. The third-order valence-corrected chi connectivity index (χ3v) is 3.61. The van der Waals surface area contributed by atoms with Gasteiger partial charge in [-0.05, 0) is 13.8 Å². The summed E-state index contributed by atoms with van der Waals surface area (Å²) in [5.74, 6) is -0.719. The highest BCUT2D eigenvalue weighted by Gasteiger charge is 2.50. The van der Waals surface area contributed by atoms with Gasteiger partial charge >= 0.3 is 5.97 Å². The predicted molar refractivity (Wildman–Crippen MR) is 59.5 cm³/mol. The molecule has 2 aliphatic rings. The van der Waals surface area contributed by atoms with E-state index >= 15 is 0 Å². The SMILES string of the molecule is CC1(C)COCCN1C1(CC(=O)O)CNC1. The van der Waals surface area contributed by atoms with Crippen molar-refractivity contribution in [3.63, 3.8) is 0 Å². The zero-order valence-corrected chi connectivity index (χ0v) is 9.95. The van der Waals surface area contributed by atoms with E-state index in [9.17, 15) is 4.79 Å². The number of hydrogen-bond donors (Lipinski definition) is 2. The standard InChI is InChI=1S/C11H20N2O3/c1-10(2)8-16-4-3-13(10)11(5-9(14)15)6-12-7-11/h12H,3-8H2,1-2H3,(H,14,15). The Balaban J connectivity index is 2.16. The molecule has 0 aromatic heterocycles. The first kappa shape index (κ1) is 11.8. The van der Waals surface area contributed by atoms with Crippen LogP contribution in [0.2, 0.25) is 0 Å². The third-order valence-electron chi connectivity index (χ3n) is 3.61. The molecule has 2 N–H and O–H groups in total. The number of hydrogen-bond acceptors (Lipinski definition) is 4. The zero-order chi connectivity index (χ0) is 11.8. The highest BCUT2D eigenvalue weighted by atomic mass is 16.5. The number of rotatable bonds is 3. The number of carboxylic acids is 1. The molecule has 5 heteroatoms. The Morgan fingerprint density at radius 2 is 2.19 bits per heavy atom. The summed E-state index contributed by atoms with van der Waals surface area (Å²) in [4.78, 5) is 13.3. The monoisotopic (exact) mass is 228 g/mol. The fourth-order valence-electron chi connectivity index (χ4n) is 2.84. The lowest BCUT2D eigenvalue weighted by molar-refractivity contribution is -0.152. The first-order valence-corrected chi connectivity index (χ1v) is 5.74. The average molecular weight is 228 g/mol. The second-order valence-electron chi connectivity index (χ2n) is 5.42.